The van der Waals surface area contributed by atoms with Gasteiger partial charge < -0.3 is 55.6 Å². The Hall–Kier alpha value is -0.440. The van der Waals surface area contributed by atoms with Gasteiger partial charge in [-0.3, -0.25) is 0 Å². The van der Waals surface area contributed by atoms with Gasteiger partial charge >= 0.3 is 0 Å². The van der Waals surface area contributed by atoms with Crippen molar-refractivity contribution in [3.05, 3.63) is 0 Å². The van der Waals surface area contributed by atoms with Crippen molar-refractivity contribution in [3.8, 4) is 0 Å². The molecule has 2 heterocycles. The number of hydrogen-bond donors (Lipinski definition) is 9. The molecule has 2 saturated heterocycles. The van der Waals surface area contributed by atoms with Crippen molar-refractivity contribution in [2.24, 2.45) is 0 Å². The molecule has 2 fully saturated rings. The van der Waals surface area contributed by atoms with Crippen LogP contribution in [0, 0.1) is 0 Å². The molecular weight excluding hydrogens is 330 g/mol. The summed E-state index contributed by atoms with van der Waals surface area (Å²) in [5.41, 5.74) is 0. The monoisotopic (exact) mass is 355 g/mol. The maximum absolute atomic E-state index is 9.94. The van der Waals surface area contributed by atoms with Crippen LogP contribution in [-0.4, -0.2) is 122 Å². The van der Waals surface area contributed by atoms with Crippen molar-refractivity contribution in [2.75, 3.05) is 19.8 Å². The molecule has 0 aromatic heterocycles. The summed E-state index contributed by atoms with van der Waals surface area (Å²) >= 11 is 0. The van der Waals surface area contributed by atoms with Crippen molar-refractivity contribution < 1.29 is 50.3 Å². The molecule has 0 saturated carbocycles. The van der Waals surface area contributed by atoms with Crippen molar-refractivity contribution in [1.29, 1.82) is 0 Å². The van der Waals surface area contributed by atoms with Gasteiger partial charge in [-0.25, -0.2) is 0 Å². The van der Waals surface area contributed by atoms with E-state index in [0.29, 0.717) is 0 Å². The largest absolute Gasteiger partial charge is 0.395 e. The van der Waals surface area contributed by atoms with Crippen LogP contribution in [0.5, 0.6) is 0 Å². The van der Waals surface area contributed by atoms with Gasteiger partial charge in [-0.2, -0.15) is 0 Å². The fourth-order valence-electron chi connectivity index (χ4n) is 2.86. The molecule has 10 atom stereocenters. The van der Waals surface area contributed by atoms with E-state index in [9.17, 15) is 30.6 Å². The normalized spacial score (nSPS) is 50.0. The molecule has 2 aliphatic heterocycles. The fraction of sp³-hybridized carbons (Fsp3) is 1.00. The van der Waals surface area contributed by atoms with Crippen LogP contribution in [0.4, 0.5) is 0 Å². The van der Waals surface area contributed by atoms with E-state index < -0.39 is 74.3 Å². The molecule has 0 bridgehead atoms. The van der Waals surface area contributed by atoms with E-state index in [1.54, 1.807) is 0 Å². The summed E-state index contributed by atoms with van der Waals surface area (Å²) in [5.74, 6) is 0. The Morgan fingerprint density at radius 3 is 1.88 bits per heavy atom. The zero-order valence-corrected chi connectivity index (χ0v) is 12.8. The summed E-state index contributed by atoms with van der Waals surface area (Å²) in [6, 6.07) is -1.78. The van der Waals surface area contributed by atoms with Crippen molar-refractivity contribution in [1.82, 2.24) is 5.32 Å². The van der Waals surface area contributed by atoms with Crippen molar-refractivity contribution in [3.63, 3.8) is 0 Å². The number of aliphatic hydroxyl groups excluding tert-OH is 8. The standard InChI is InChI=1S/C13H25NO10/c15-1-4-7(17)10(20)8(18)5(14-4)3-23-13-12(22)11(21)9(19)6(2-16)24-13/h4-22H,1-3H2/t4-,5+,6+,7-,8-,9-,10+,11-,12-,13+/m1/s1. The second kappa shape index (κ2) is 8.29. The quantitative estimate of drug-likeness (QED) is 0.228. The molecule has 2 aliphatic rings. The van der Waals surface area contributed by atoms with Crippen LogP contribution in [0.1, 0.15) is 0 Å². The molecule has 0 aromatic rings. The van der Waals surface area contributed by atoms with E-state index in [2.05, 4.69) is 5.32 Å². The minimum atomic E-state index is -1.59. The average Bonchev–Trinajstić information content (AvgIpc) is 2.58. The Kier molecular flexibility index (Phi) is 6.87. The lowest BCUT2D eigenvalue weighted by Gasteiger charge is -2.43. The van der Waals surface area contributed by atoms with Gasteiger partial charge in [0.15, 0.2) is 6.29 Å². The second-order valence-corrected chi connectivity index (χ2v) is 6.06. The summed E-state index contributed by atoms with van der Waals surface area (Å²) in [7, 11) is 0. The minimum Gasteiger partial charge on any atom is -0.395 e. The van der Waals surface area contributed by atoms with E-state index >= 15 is 0 Å². The van der Waals surface area contributed by atoms with Gasteiger partial charge in [0.1, 0.15) is 30.5 Å². The predicted molar refractivity (Wildman–Crippen MR) is 75.5 cm³/mol. The Bertz CT molecular complexity index is 361. The van der Waals surface area contributed by atoms with Crippen LogP contribution in [-0.2, 0) is 9.47 Å². The topological polar surface area (TPSA) is 192 Å². The Morgan fingerprint density at radius 1 is 0.708 bits per heavy atom. The number of ether oxygens (including phenoxy) is 2. The van der Waals surface area contributed by atoms with E-state index in [-0.39, 0.29) is 6.61 Å². The summed E-state index contributed by atoms with van der Waals surface area (Å²) in [5, 5.41) is 79.6. The van der Waals surface area contributed by atoms with Crippen molar-refractivity contribution >= 4 is 0 Å². The number of piperidine rings is 1. The lowest BCUT2D eigenvalue weighted by Crippen LogP contribution is -2.67. The molecule has 0 radical (unpaired) electrons. The first-order chi connectivity index (χ1) is 11.3. The van der Waals surface area contributed by atoms with Gasteiger partial charge in [0.2, 0.25) is 0 Å². The Morgan fingerprint density at radius 2 is 1.29 bits per heavy atom. The Balaban J connectivity index is 1.96. The molecule has 24 heavy (non-hydrogen) atoms. The molecule has 0 amide bonds. The molecule has 9 N–H and O–H groups in total. The lowest BCUT2D eigenvalue weighted by atomic mass is 9.91. The highest BCUT2D eigenvalue weighted by atomic mass is 16.7. The first kappa shape index (κ1) is 19.9. The molecule has 0 aliphatic carbocycles. The summed E-state index contributed by atoms with van der Waals surface area (Å²) in [4.78, 5) is 0. The zero-order chi connectivity index (χ0) is 18.0. The molecule has 142 valence electrons. The SMILES string of the molecule is OC[C@@H]1O[C@H](OC[C@@H]2N[C@H](CO)[C@@H](O)[C@H](O)[C@@H]2O)[C@H](O)[C@H](O)[C@@H]1O. The number of nitrogens with one attached hydrogen (secondary N) is 1. The molecule has 2 rings (SSSR count). The van der Waals surface area contributed by atoms with E-state index in [4.69, 9.17) is 19.7 Å². The van der Waals surface area contributed by atoms with Crippen LogP contribution in [0.15, 0.2) is 0 Å². The summed E-state index contributed by atoms with van der Waals surface area (Å²) in [6.07, 6.45) is -11.5. The summed E-state index contributed by atoms with van der Waals surface area (Å²) in [6.45, 7) is -1.39. The molecule has 0 unspecified atom stereocenters. The highest BCUT2D eigenvalue weighted by Gasteiger charge is 2.46. The number of rotatable bonds is 5. The summed E-state index contributed by atoms with van der Waals surface area (Å²) < 4.78 is 10.4. The molecule has 11 nitrogen and oxygen atoms in total. The maximum atomic E-state index is 9.94. The van der Waals surface area contributed by atoms with E-state index in [0.717, 1.165) is 0 Å². The number of aliphatic hydroxyl groups is 8. The van der Waals surface area contributed by atoms with Crippen LogP contribution < -0.4 is 5.32 Å². The van der Waals surface area contributed by atoms with Crippen LogP contribution in [0.2, 0.25) is 0 Å². The number of hydrogen-bond acceptors (Lipinski definition) is 11. The van der Waals surface area contributed by atoms with Gasteiger partial charge in [-0.1, -0.05) is 0 Å². The predicted octanol–water partition coefficient (Wildman–Crippen LogP) is -5.78. The Labute approximate surface area is 137 Å². The highest BCUT2D eigenvalue weighted by Crippen LogP contribution is 2.23. The van der Waals surface area contributed by atoms with E-state index in [1.165, 1.54) is 0 Å². The van der Waals surface area contributed by atoms with Crippen LogP contribution in [0.3, 0.4) is 0 Å². The van der Waals surface area contributed by atoms with Crippen LogP contribution in [0.25, 0.3) is 0 Å². The molecule has 0 aromatic carbocycles. The van der Waals surface area contributed by atoms with Crippen molar-refractivity contribution in [2.45, 2.75) is 61.1 Å². The van der Waals surface area contributed by atoms with Crippen LogP contribution >= 0.6 is 0 Å². The molecule has 11 heteroatoms. The minimum absolute atomic E-state index is 0.301. The maximum Gasteiger partial charge on any atom is 0.186 e. The first-order valence-corrected chi connectivity index (χ1v) is 7.65. The smallest absolute Gasteiger partial charge is 0.186 e. The highest BCUT2D eigenvalue weighted by molar-refractivity contribution is 4.98. The van der Waals surface area contributed by atoms with E-state index in [1.807, 2.05) is 0 Å². The molecule has 0 spiro atoms. The third kappa shape index (κ3) is 3.86. The molecular formula is C13H25NO10. The third-order valence-corrected chi connectivity index (χ3v) is 4.44. The first-order valence-electron chi connectivity index (χ1n) is 7.65. The fourth-order valence-corrected chi connectivity index (χ4v) is 2.86. The van der Waals surface area contributed by atoms with Gasteiger partial charge in [-0.05, 0) is 0 Å². The second-order valence-electron chi connectivity index (χ2n) is 6.06. The average molecular weight is 355 g/mol. The van der Waals surface area contributed by atoms with Gasteiger partial charge in [0.25, 0.3) is 0 Å². The van der Waals surface area contributed by atoms with Gasteiger partial charge in [0.05, 0.1) is 44.1 Å². The third-order valence-electron chi connectivity index (χ3n) is 4.44. The zero-order valence-electron chi connectivity index (χ0n) is 12.8. The van der Waals surface area contributed by atoms with Gasteiger partial charge in [0, 0.05) is 0 Å². The lowest BCUT2D eigenvalue weighted by molar-refractivity contribution is -0.304. The van der Waals surface area contributed by atoms with Gasteiger partial charge in [-0.15, -0.1) is 0 Å².